The Morgan fingerprint density at radius 2 is 1.68 bits per heavy atom. The second kappa shape index (κ2) is 4.56. The number of aromatic amines is 1. The molecule has 1 N–H and O–H groups in total. The SMILES string of the molecule is Cc1ccc(-c2ccc3c(C)cc4n[nH]c(=O)n4c3c2)cc1. The van der Waals surface area contributed by atoms with Crippen LogP contribution < -0.4 is 5.69 Å². The minimum absolute atomic E-state index is 0.207. The molecular weight excluding hydrogens is 274 g/mol. The first kappa shape index (κ1) is 12.8. The summed E-state index contributed by atoms with van der Waals surface area (Å²) in [6, 6.07) is 16.5. The van der Waals surface area contributed by atoms with Gasteiger partial charge in [-0.1, -0.05) is 42.0 Å². The van der Waals surface area contributed by atoms with E-state index in [2.05, 4.69) is 59.6 Å². The molecule has 2 aromatic heterocycles. The van der Waals surface area contributed by atoms with E-state index in [9.17, 15) is 4.79 Å². The molecule has 0 radical (unpaired) electrons. The number of benzene rings is 2. The lowest BCUT2D eigenvalue weighted by Crippen LogP contribution is -2.10. The highest BCUT2D eigenvalue weighted by atomic mass is 16.1. The van der Waals surface area contributed by atoms with Gasteiger partial charge in [-0.15, -0.1) is 0 Å². The van der Waals surface area contributed by atoms with E-state index in [1.54, 1.807) is 4.40 Å². The predicted octanol–water partition coefficient (Wildman–Crippen LogP) is 3.46. The number of fused-ring (bicyclic) bond motifs is 3. The van der Waals surface area contributed by atoms with Crippen LogP contribution in [0.1, 0.15) is 11.1 Å². The molecule has 0 saturated carbocycles. The molecule has 4 aromatic rings. The molecule has 0 aliphatic rings. The van der Waals surface area contributed by atoms with Gasteiger partial charge in [0.15, 0.2) is 5.65 Å². The second-order valence-electron chi connectivity index (χ2n) is 5.65. The fourth-order valence-corrected chi connectivity index (χ4v) is 2.89. The van der Waals surface area contributed by atoms with Gasteiger partial charge >= 0.3 is 5.69 Å². The molecule has 22 heavy (non-hydrogen) atoms. The van der Waals surface area contributed by atoms with Gasteiger partial charge in [0.1, 0.15) is 0 Å². The smallest absolute Gasteiger partial charge is 0.246 e. The van der Waals surface area contributed by atoms with Crippen molar-refractivity contribution in [1.82, 2.24) is 14.6 Å². The molecule has 0 bridgehead atoms. The molecular formula is C18H15N3O. The lowest BCUT2D eigenvalue weighted by Gasteiger charge is -2.08. The summed E-state index contributed by atoms with van der Waals surface area (Å²) in [5.41, 5.74) is 5.89. The normalized spacial score (nSPS) is 11.4. The van der Waals surface area contributed by atoms with Crippen LogP contribution in [0.5, 0.6) is 0 Å². The Labute approximate surface area is 127 Å². The van der Waals surface area contributed by atoms with Gasteiger partial charge in [0.05, 0.1) is 5.52 Å². The molecule has 0 fully saturated rings. The highest BCUT2D eigenvalue weighted by molar-refractivity contribution is 5.89. The van der Waals surface area contributed by atoms with Crippen LogP contribution in [0, 0.1) is 13.8 Å². The molecule has 108 valence electrons. The minimum atomic E-state index is -0.207. The van der Waals surface area contributed by atoms with E-state index in [1.807, 2.05) is 13.0 Å². The van der Waals surface area contributed by atoms with Crippen LogP contribution in [0.25, 0.3) is 27.7 Å². The Hall–Kier alpha value is -2.88. The van der Waals surface area contributed by atoms with E-state index in [1.165, 1.54) is 5.56 Å². The van der Waals surface area contributed by atoms with Crippen molar-refractivity contribution >= 4 is 16.6 Å². The molecule has 2 aromatic carbocycles. The largest absolute Gasteiger partial charge is 0.348 e. The highest BCUT2D eigenvalue weighted by Crippen LogP contribution is 2.26. The summed E-state index contributed by atoms with van der Waals surface area (Å²) < 4.78 is 1.63. The van der Waals surface area contributed by atoms with Gasteiger partial charge in [-0.05, 0) is 42.7 Å². The Morgan fingerprint density at radius 3 is 2.45 bits per heavy atom. The van der Waals surface area contributed by atoms with Gasteiger partial charge in [0, 0.05) is 5.39 Å². The first-order valence-corrected chi connectivity index (χ1v) is 7.21. The summed E-state index contributed by atoms with van der Waals surface area (Å²) in [7, 11) is 0. The van der Waals surface area contributed by atoms with E-state index in [4.69, 9.17) is 0 Å². The molecule has 0 amide bonds. The molecule has 4 nitrogen and oxygen atoms in total. The summed E-state index contributed by atoms with van der Waals surface area (Å²) in [5.74, 6) is 0. The zero-order valence-electron chi connectivity index (χ0n) is 12.4. The Balaban J connectivity index is 2.07. The van der Waals surface area contributed by atoms with Crippen molar-refractivity contribution in [2.45, 2.75) is 13.8 Å². The number of nitrogens with zero attached hydrogens (tertiary/aromatic N) is 2. The van der Waals surface area contributed by atoms with Crippen molar-refractivity contribution in [2.24, 2.45) is 0 Å². The van der Waals surface area contributed by atoms with Crippen LogP contribution in [0.4, 0.5) is 0 Å². The number of pyridine rings is 1. The van der Waals surface area contributed by atoms with Crippen molar-refractivity contribution in [2.75, 3.05) is 0 Å². The summed E-state index contributed by atoms with van der Waals surface area (Å²) in [6.45, 7) is 4.11. The summed E-state index contributed by atoms with van der Waals surface area (Å²) in [5, 5.41) is 7.65. The van der Waals surface area contributed by atoms with Crippen LogP contribution in [-0.4, -0.2) is 14.6 Å². The summed E-state index contributed by atoms with van der Waals surface area (Å²) >= 11 is 0. The lowest BCUT2D eigenvalue weighted by atomic mass is 10.0. The second-order valence-corrected chi connectivity index (χ2v) is 5.65. The molecule has 0 unspecified atom stereocenters. The van der Waals surface area contributed by atoms with E-state index < -0.39 is 0 Å². The van der Waals surface area contributed by atoms with Crippen LogP contribution in [0.2, 0.25) is 0 Å². The van der Waals surface area contributed by atoms with E-state index in [-0.39, 0.29) is 5.69 Å². The van der Waals surface area contributed by atoms with Crippen LogP contribution in [0.15, 0.2) is 53.3 Å². The molecule has 0 aliphatic carbocycles. The lowest BCUT2D eigenvalue weighted by molar-refractivity contribution is 1.04. The van der Waals surface area contributed by atoms with Gasteiger partial charge in [-0.25, -0.2) is 14.3 Å². The van der Waals surface area contributed by atoms with Crippen molar-refractivity contribution in [3.63, 3.8) is 0 Å². The van der Waals surface area contributed by atoms with Gasteiger partial charge in [0.2, 0.25) is 0 Å². The average Bonchev–Trinajstić information content (AvgIpc) is 2.89. The van der Waals surface area contributed by atoms with E-state index in [0.29, 0.717) is 5.65 Å². The molecule has 0 aliphatic heterocycles. The third kappa shape index (κ3) is 1.84. The van der Waals surface area contributed by atoms with Crippen LogP contribution in [0.3, 0.4) is 0 Å². The molecule has 2 heterocycles. The summed E-state index contributed by atoms with van der Waals surface area (Å²) in [4.78, 5) is 12.0. The van der Waals surface area contributed by atoms with E-state index in [0.717, 1.165) is 27.6 Å². The maximum atomic E-state index is 12.0. The van der Waals surface area contributed by atoms with Crippen LogP contribution in [-0.2, 0) is 0 Å². The Bertz CT molecular complexity index is 1060. The topological polar surface area (TPSA) is 50.2 Å². The average molecular weight is 289 g/mol. The number of H-pyrrole nitrogens is 1. The standard InChI is InChI=1S/C18H15N3O/c1-11-3-5-13(6-4-11)14-7-8-15-12(2)9-17-19-20-18(22)21(17)16(15)10-14/h3-10H,1-2H3,(H,20,22). The predicted molar refractivity (Wildman–Crippen MR) is 88.2 cm³/mol. The number of aryl methyl sites for hydroxylation is 2. The quantitative estimate of drug-likeness (QED) is 0.583. The fourth-order valence-electron chi connectivity index (χ4n) is 2.89. The zero-order chi connectivity index (χ0) is 15.3. The van der Waals surface area contributed by atoms with Gasteiger partial charge < -0.3 is 0 Å². The van der Waals surface area contributed by atoms with Crippen molar-refractivity contribution < 1.29 is 0 Å². The van der Waals surface area contributed by atoms with Gasteiger partial charge in [0.25, 0.3) is 0 Å². The highest BCUT2D eigenvalue weighted by Gasteiger charge is 2.09. The first-order chi connectivity index (χ1) is 10.6. The van der Waals surface area contributed by atoms with Crippen LogP contribution >= 0.6 is 0 Å². The third-order valence-electron chi connectivity index (χ3n) is 4.09. The third-order valence-corrected chi connectivity index (χ3v) is 4.09. The number of hydrogen-bond acceptors (Lipinski definition) is 2. The monoisotopic (exact) mass is 289 g/mol. The van der Waals surface area contributed by atoms with Gasteiger partial charge in [-0.3, -0.25) is 0 Å². The number of nitrogens with one attached hydrogen (secondary N) is 1. The molecule has 0 spiro atoms. The fraction of sp³-hybridized carbons (Fsp3) is 0.111. The number of rotatable bonds is 1. The van der Waals surface area contributed by atoms with Crippen molar-refractivity contribution in [3.05, 3.63) is 70.1 Å². The van der Waals surface area contributed by atoms with Crippen molar-refractivity contribution in [1.29, 1.82) is 0 Å². The molecule has 0 atom stereocenters. The number of hydrogen-bond donors (Lipinski definition) is 1. The van der Waals surface area contributed by atoms with E-state index >= 15 is 0 Å². The van der Waals surface area contributed by atoms with Crippen molar-refractivity contribution in [3.8, 4) is 11.1 Å². The molecule has 4 rings (SSSR count). The summed E-state index contributed by atoms with van der Waals surface area (Å²) in [6.07, 6.45) is 0. The Morgan fingerprint density at radius 1 is 0.955 bits per heavy atom. The Kier molecular flexibility index (Phi) is 2.66. The molecule has 4 heteroatoms. The number of aromatic nitrogens is 3. The molecule has 0 saturated heterocycles. The van der Waals surface area contributed by atoms with Gasteiger partial charge in [-0.2, -0.15) is 5.10 Å². The first-order valence-electron chi connectivity index (χ1n) is 7.21. The zero-order valence-corrected chi connectivity index (χ0v) is 12.4. The maximum Gasteiger partial charge on any atom is 0.348 e. The minimum Gasteiger partial charge on any atom is -0.246 e. The maximum absolute atomic E-state index is 12.0.